The maximum absolute atomic E-state index is 5.92. The van der Waals surface area contributed by atoms with Gasteiger partial charge in [-0.2, -0.15) is 11.8 Å². The molecule has 0 bridgehead atoms. The molecule has 1 rings (SSSR count). The molecule has 6 heteroatoms. The van der Waals surface area contributed by atoms with Crippen molar-refractivity contribution in [1.29, 1.82) is 0 Å². The fourth-order valence-corrected chi connectivity index (χ4v) is 3.47. The quantitative estimate of drug-likeness (QED) is 0.257. The van der Waals surface area contributed by atoms with Gasteiger partial charge in [0.1, 0.15) is 0 Å². The first-order valence-electron chi connectivity index (χ1n) is 7.99. The maximum Gasteiger partial charge on any atom is 0.188 e. The molecular weight excluding hydrogens is 395 g/mol. The molecule has 1 saturated heterocycles. The molecule has 0 aliphatic carbocycles. The minimum absolute atomic E-state index is 0. The summed E-state index contributed by atoms with van der Waals surface area (Å²) in [6, 6.07) is 0.599. The number of thioether (sulfide) groups is 1. The molecule has 0 aromatic carbocycles. The van der Waals surface area contributed by atoms with Crippen LogP contribution in [0, 0.1) is 5.92 Å². The smallest absolute Gasteiger partial charge is 0.188 e. The lowest BCUT2D eigenvalue weighted by Gasteiger charge is -2.20. The predicted molar refractivity (Wildman–Crippen MR) is 107 cm³/mol. The molecule has 0 radical (unpaired) electrons. The van der Waals surface area contributed by atoms with Gasteiger partial charge in [0.15, 0.2) is 5.96 Å². The molecule has 1 unspecified atom stereocenters. The molecule has 0 aromatic rings. The Kier molecular flexibility index (Phi) is 13.0. The second-order valence-electron chi connectivity index (χ2n) is 5.90. The minimum atomic E-state index is 0. The summed E-state index contributed by atoms with van der Waals surface area (Å²) in [7, 11) is 0. The van der Waals surface area contributed by atoms with E-state index in [9.17, 15) is 0 Å². The van der Waals surface area contributed by atoms with Crippen LogP contribution in [0.4, 0.5) is 0 Å². The Morgan fingerprint density at radius 2 is 2.24 bits per heavy atom. The molecular formula is C15H33IN4S. The number of nitrogens with one attached hydrogen (secondary N) is 1. The zero-order valence-electron chi connectivity index (χ0n) is 13.8. The van der Waals surface area contributed by atoms with Gasteiger partial charge in [-0.25, -0.2) is 0 Å². The van der Waals surface area contributed by atoms with Gasteiger partial charge in [0.05, 0.1) is 6.54 Å². The van der Waals surface area contributed by atoms with Gasteiger partial charge in [-0.3, -0.25) is 9.89 Å². The summed E-state index contributed by atoms with van der Waals surface area (Å²) >= 11 is 2.02. The van der Waals surface area contributed by atoms with E-state index in [2.05, 4.69) is 36.0 Å². The van der Waals surface area contributed by atoms with Gasteiger partial charge in [0.2, 0.25) is 0 Å². The zero-order valence-corrected chi connectivity index (χ0v) is 17.0. The van der Waals surface area contributed by atoms with Crippen molar-refractivity contribution in [3.05, 3.63) is 0 Å². The first-order chi connectivity index (χ1) is 9.63. The van der Waals surface area contributed by atoms with E-state index in [1.165, 1.54) is 30.9 Å². The Balaban J connectivity index is 0.00000400. The van der Waals surface area contributed by atoms with E-state index < -0.39 is 0 Å². The van der Waals surface area contributed by atoms with Crippen molar-refractivity contribution in [2.24, 2.45) is 16.6 Å². The number of halogens is 1. The van der Waals surface area contributed by atoms with Crippen LogP contribution in [0.15, 0.2) is 4.99 Å². The fourth-order valence-electron chi connectivity index (χ4n) is 2.49. The van der Waals surface area contributed by atoms with Crippen molar-refractivity contribution in [3.63, 3.8) is 0 Å². The van der Waals surface area contributed by atoms with Crippen molar-refractivity contribution < 1.29 is 0 Å². The second-order valence-corrected chi connectivity index (χ2v) is 7.05. The highest BCUT2D eigenvalue weighted by molar-refractivity contribution is 14.0. The van der Waals surface area contributed by atoms with Crippen molar-refractivity contribution in [2.45, 2.75) is 46.1 Å². The Bertz CT molecular complexity index is 287. The van der Waals surface area contributed by atoms with E-state index in [1.807, 2.05) is 11.8 Å². The van der Waals surface area contributed by atoms with Crippen molar-refractivity contribution in [2.75, 3.05) is 37.7 Å². The van der Waals surface area contributed by atoms with Crippen molar-refractivity contribution >= 4 is 41.7 Å². The number of nitrogens with two attached hydrogens (primary N) is 1. The highest BCUT2D eigenvalue weighted by atomic mass is 127. The van der Waals surface area contributed by atoms with Crippen LogP contribution in [0.5, 0.6) is 0 Å². The fraction of sp³-hybridized carbons (Fsp3) is 0.933. The van der Waals surface area contributed by atoms with Crippen molar-refractivity contribution in [3.8, 4) is 0 Å². The number of nitrogens with zero attached hydrogens (tertiary/aromatic N) is 2. The average Bonchev–Trinajstić information content (AvgIpc) is 2.87. The third-order valence-corrected chi connectivity index (χ3v) is 5.08. The molecule has 1 heterocycles. The Labute approximate surface area is 152 Å². The van der Waals surface area contributed by atoms with E-state index in [0.29, 0.717) is 12.0 Å². The summed E-state index contributed by atoms with van der Waals surface area (Å²) in [5, 5.41) is 3.22. The summed E-state index contributed by atoms with van der Waals surface area (Å²) in [6.07, 6.45) is 3.71. The maximum atomic E-state index is 5.92. The van der Waals surface area contributed by atoms with Crippen LogP contribution >= 0.6 is 35.7 Å². The minimum Gasteiger partial charge on any atom is -0.370 e. The SMILES string of the molecule is CCN1CCCC1CN=C(N)NCCCSCC(C)C.I. The predicted octanol–water partition coefficient (Wildman–Crippen LogP) is 2.77. The lowest BCUT2D eigenvalue weighted by Crippen LogP contribution is -2.36. The van der Waals surface area contributed by atoms with Gasteiger partial charge in [0, 0.05) is 12.6 Å². The van der Waals surface area contributed by atoms with E-state index in [1.54, 1.807) is 0 Å². The summed E-state index contributed by atoms with van der Waals surface area (Å²) in [5.74, 6) is 3.84. The molecule has 126 valence electrons. The van der Waals surface area contributed by atoms with Crippen molar-refractivity contribution in [1.82, 2.24) is 10.2 Å². The number of rotatable bonds is 9. The van der Waals surface area contributed by atoms with Crippen LogP contribution in [0.1, 0.15) is 40.0 Å². The van der Waals surface area contributed by atoms with Gasteiger partial charge < -0.3 is 11.1 Å². The number of aliphatic imine (C=N–C) groups is 1. The largest absolute Gasteiger partial charge is 0.370 e. The molecule has 3 N–H and O–H groups in total. The number of likely N-dealkylation sites (tertiary alicyclic amines) is 1. The first-order valence-corrected chi connectivity index (χ1v) is 9.14. The normalized spacial score (nSPS) is 19.8. The zero-order chi connectivity index (χ0) is 14.8. The highest BCUT2D eigenvalue weighted by Crippen LogP contribution is 2.16. The molecule has 1 atom stereocenters. The van der Waals surface area contributed by atoms with Crippen LogP contribution in [0.3, 0.4) is 0 Å². The Morgan fingerprint density at radius 1 is 1.48 bits per heavy atom. The highest BCUT2D eigenvalue weighted by Gasteiger charge is 2.22. The summed E-state index contributed by atoms with van der Waals surface area (Å²) in [5.41, 5.74) is 5.92. The van der Waals surface area contributed by atoms with Gasteiger partial charge in [-0.15, -0.1) is 24.0 Å². The van der Waals surface area contributed by atoms with Crippen LogP contribution in [0.2, 0.25) is 0 Å². The lowest BCUT2D eigenvalue weighted by molar-refractivity contribution is 0.273. The van der Waals surface area contributed by atoms with E-state index in [4.69, 9.17) is 5.73 Å². The van der Waals surface area contributed by atoms with Crippen LogP contribution in [0.25, 0.3) is 0 Å². The number of guanidine groups is 1. The molecule has 21 heavy (non-hydrogen) atoms. The molecule has 0 saturated carbocycles. The third-order valence-electron chi connectivity index (χ3n) is 3.60. The van der Waals surface area contributed by atoms with Gasteiger partial charge in [-0.1, -0.05) is 20.8 Å². The summed E-state index contributed by atoms with van der Waals surface area (Å²) in [6.45, 7) is 10.9. The molecule has 0 spiro atoms. The summed E-state index contributed by atoms with van der Waals surface area (Å²) < 4.78 is 0. The first kappa shape index (κ1) is 21.3. The molecule has 0 amide bonds. The topological polar surface area (TPSA) is 53.6 Å². The molecule has 0 aromatic heterocycles. The Morgan fingerprint density at radius 3 is 2.90 bits per heavy atom. The molecule has 1 aliphatic rings. The molecule has 1 fully saturated rings. The number of hydrogen-bond donors (Lipinski definition) is 2. The second kappa shape index (κ2) is 12.8. The average molecular weight is 428 g/mol. The Hall–Kier alpha value is 0.310. The molecule has 1 aliphatic heterocycles. The molecule has 4 nitrogen and oxygen atoms in total. The van der Waals surface area contributed by atoms with E-state index in [-0.39, 0.29) is 24.0 Å². The van der Waals surface area contributed by atoms with Crippen LogP contribution < -0.4 is 11.1 Å². The van der Waals surface area contributed by atoms with Crippen LogP contribution in [-0.4, -0.2) is 54.6 Å². The van der Waals surface area contributed by atoms with Gasteiger partial charge in [0.25, 0.3) is 0 Å². The van der Waals surface area contributed by atoms with Gasteiger partial charge in [-0.05, 0) is 49.8 Å². The lowest BCUT2D eigenvalue weighted by atomic mass is 10.2. The van der Waals surface area contributed by atoms with Gasteiger partial charge >= 0.3 is 0 Å². The number of hydrogen-bond acceptors (Lipinski definition) is 3. The number of likely N-dealkylation sites (N-methyl/N-ethyl adjacent to an activating group) is 1. The standard InChI is InChI=1S/C15H32N4S.HI/c1-4-19-9-5-7-14(19)11-18-15(16)17-8-6-10-20-12-13(2)3;/h13-14H,4-12H2,1-3H3,(H3,16,17,18);1H. The van der Waals surface area contributed by atoms with E-state index >= 15 is 0 Å². The monoisotopic (exact) mass is 428 g/mol. The third kappa shape index (κ3) is 9.84. The van der Waals surface area contributed by atoms with E-state index in [0.717, 1.165) is 32.0 Å². The van der Waals surface area contributed by atoms with Crippen LogP contribution in [-0.2, 0) is 0 Å². The summed E-state index contributed by atoms with van der Waals surface area (Å²) in [4.78, 5) is 6.98.